The second-order valence-corrected chi connectivity index (χ2v) is 5.84. The first-order chi connectivity index (χ1) is 12.1. The first kappa shape index (κ1) is 22.2. The maximum Gasteiger partial charge on any atom is 0.193 e. The number of nitrogens with one attached hydrogen (secondary N) is 1. The summed E-state index contributed by atoms with van der Waals surface area (Å²) in [5, 5.41) is 3.08. The first-order valence-corrected chi connectivity index (χ1v) is 8.65. The van der Waals surface area contributed by atoms with Gasteiger partial charge in [0.25, 0.3) is 0 Å². The molecule has 5 nitrogen and oxygen atoms in total. The van der Waals surface area contributed by atoms with Crippen molar-refractivity contribution in [3.63, 3.8) is 0 Å². The molecule has 0 unspecified atom stereocenters. The Morgan fingerprint density at radius 1 is 1.08 bits per heavy atom. The SMILES string of the molecule is CCN(CC)Cc1ccc(CN=C(N)Nc2cccc(OC)c2)cc1.I. The zero-order valence-corrected chi connectivity index (χ0v) is 18.1. The van der Waals surface area contributed by atoms with Crippen LogP contribution in [0.4, 0.5) is 5.69 Å². The highest BCUT2D eigenvalue weighted by molar-refractivity contribution is 14.0. The number of aliphatic imine (C=N–C) groups is 1. The van der Waals surface area contributed by atoms with Gasteiger partial charge in [0.05, 0.1) is 13.7 Å². The molecule has 0 aliphatic heterocycles. The molecule has 0 saturated carbocycles. The molecule has 2 rings (SSSR count). The van der Waals surface area contributed by atoms with Crippen LogP contribution in [-0.4, -0.2) is 31.1 Å². The van der Waals surface area contributed by atoms with Crippen LogP contribution < -0.4 is 15.8 Å². The second-order valence-electron chi connectivity index (χ2n) is 5.84. The van der Waals surface area contributed by atoms with Crippen molar-refractivity contribution in [2.45, 2.75) is 26.9 Å². The molecular formula is C20H29IN4O. The predicted molar refractivity (Wildman–Crippen MR) is 120 cm³/mol. The summed E-state index contributed by atoms with van der Waals surface area (Å²) in [5.41, 5.74) is 9.28. The van der Waals surface area contributed by atoms with Crippen LogP contribution >= 0.6 is 24.0 Å². The van der Waals surface area contributed by atoms with Crippen LogP contribution in [0, 0.1) is 0 Å². The zero-order chi connectivity index (χ0) is 18.1. The molecule has 2 aromatic carbocycles. The van der Waals surface area contributed by atoms with Crippen LogP contribution in [0.5, 0.6) is 5.75 Å². The fourth-order valence-electron chi connectivity index (χ4n) is 2.52. The van der Waals surface area contributed by atoms with E-state index in [-0.39, 0.29) is 24.0 Å². The van der Waals surface area contributed by atoms with Crippen molar-refractivity contribution in [2.75, 3.05) is 25.5 Å². The van der Waals surface area contributed by atoms with Gasteiger partial charge in [-0.15, -0.1) is 24.0 Å². The number of halogens is 1. The second kappa shape index (κ2) is 11.7. The van der Waals surface area contributed by atoms with E-state index in [0.29, 0.717) is 12.5 Å². The Labute approximate surface area is 173 Å². The number of ether oxygens (including phenoxy) is 1. The number of hydrogen-bond acceptors (Lipinski definition) is 3. The summed E-state index contributed by atoms with van der Waals surface area (Å²) < 4.78 is 5.20. The minimum atomic E-state index is 0. The number of nitrogens with two attached hydrogens (primary N) is 1. The molecule has 0 heterocycles. The number of guanidine groups is 1. The van der Waals surface area contributed by atoms with Gasteiger partial charge in [-0.1, -0.05) is 44.2 Å². The van der Waals surface area contributed by atoms with Crippen LogP contribution in [0.15, 0.2) is 53.5 Å². The van der Waals surface area contributed by atoms with E-state index in [0.717, 1.165) is 36.6 Å². The topological polar surface area (TPSA) is 62.9 Å². The third-order valence-corrected chi connectivity index (χ3v) is 4.10. The molecule has 0 atom stereocenters. The van der Waals surface area contributed by atoms with Crippen molar-refractivity contribution in [1.29, 1.82) is 0 Å². The normalized spacial score (nSPS) is 11.2. The average molecular weight is 468 g/mol. The molecule has 0 aromatic heterocycles. The van der Waals surface area contributed by atoms with Gasteiger partial charge in [0.2, 0.25) is 0 Å². The van der Waals surface area contributed by atoms with Gasteiger partial charge in [-0.05, 0) is 36.3 Å². The fraction of sp³-hybridized carbons (Fsp3) is 0.350. The zero-order valence-electron chi connectivity index (χ0n) is 15.7. The summed E-state index contributed by atoms with van der Waals surface area (Å²) in [6.07, 6.45) is 0. The van der Waals surface area contributed by atoms with Gasteiger partial charge >= 0.3 is 0 Å². The average Bonchev–Trinajstić information content (AvgIpc) is 2.65. The highest BCUT2D eigenvalue weighted by Crippen LogP contribution is 2.16. The summed E-state index contributed by atoms with van der Waals surface area (Å²) in [6.45, 7) is 8.03. The lowest BCUT2D eigenvalue weighted by Crippen LogP contribution is -2.22. The Balaban J connectivity index is 0.00000338. The number of benzene rings is 2. The molecule has 0 amide bonds. The standard InChI is InChI=1S/C20H28N4O.HI/c1-4-24(5-2)15-17-11-9-16(10-12-17)14-22-20(21)23-18-7-6-8-19(13-18)25-3;/h6-13H,4-5,14-15H2,1-3H3,(H3,21,22,23);1H. The summed E-state index contributed by atoms with van der Waals surface area (Å²) >= 11 is 0. The van der Waals surface area contributed by atoms with Crippen molar-refractivity contribution >= 4 is 35.6 Å². The van der Waals surface area contributed by atoms with E-state index >= 15 is 0 Å². The maximum atomic E-state index is 5.97. The Morgan fingerprint density at radius 3 is 2.35 bits per heavy atom. The monoisotopic (exact) mass is 468 g/mol. The van der Waals surface area contributed by atoms with E-state index in [4.69, 9.17) is 10.5 Å². The van der Waals surface area contributed by atoms with Crippen LogP contribution in [0.3, 0.4) is 0 Å². The number of rotatable bonds is 8. The summed E-state index contributed by atoms with van der Waals surface area (Å²) in [5.74, 6) is 1.17. The maximum absolute atomic E-state index is 5.97. The molecule has 0 spiro atoms. The number of hydrogen-bond donors (Lipinski definition) is 2. The number of nitrogens with zero attached hydrogens (tertiary/aromatic N) is 2. The van der Waals surface area contributed by atoms with Crippen molar-refractivity contribution in [3.05, 3.63) is 59.7 Å². The van der Waals surface area contributed by atoms with Crippen molar-refractivity contribution in [1.82, 2.24) is 4.90 Å². The molecule has 0 fully saturated rings. The van der Waals surface area contributed by atoms with Crippen LogP contribution in [0.1, 0.15) is 25.0 Å². The summed E-state index contributed by atoms with van der Waals surface area (Å²) in [6, 6.07) is 16.1. The van der Waals surface area contributed by atoms with Gasteiger partial charge in [-0.3, -0.25) is 4.90 Å². The molecule has 0 aliphatic carbocycles. The van der Waals surface area contributed by atoms with Crippen LogP contribution in [0.25, 0.3) is 0 Å². The van der Waals surface area contributed by atoms with E-state index in [9.17, 15) is 0 Å². The van der Waals surface area contributed by atoms with Gasteiger partial charge in [0, 0.05) is 18.3 Å². The lowest BCUT2D eigenvalue weighted by atomic mass is 10.1. The highest BCUT2D eigenvalue weighted by atomic mass is 127. The molecule has 142 valence electrons. The highest BCUT2D eigenvalue weighted by Gasteiger charge is 2.02. The van der Waals surface area contributed by atoms with Crippen LogP contribution in [0.2, 0.25) is 0 Å². The lowest BCUT2D eigenvalue weighted by molar-refractivity contribution is 0.296. The van der Waals surface area contributed by atoms with Gasteiger partial charge in [-0.25, -0.2) is 4.99 Å². The number of methoxy groups -OCH3 is 1. The minimum absolute atomic E-state index is 0. The van der Waals surface area contributed by atoms with Gasteiger partial charge in [-0.2, -0.15) is 0 Å². The van der Waals surface area contributed by atoms with Crippen molar-refractivity contribution < 1.29 is 4.74 Å². The third-order valence-electron chi connectivity index (χ3n) is 4.10. The van der Waals surface area contributed by atoms with E-state index < -0.39 is 0 Å². The first-order valence-electron chi connectivity index (χ1n) is 8.65. The largest absolute Gasteiger partial charge is 0.497 e. The van der Waals surface area contributed by atoms with Crippen molar-refractivity contribution in [3.8, 4) is 5.75 Å². The molecule has 2 aromatic rings. The molecular weight excluding hydrogens is 439 g/mol. The summed E-state index contributed by atoms with van der Waals surface area (Å²) in [4.78, 5) is 6.79. The lowest BCUT2D eigenvalue weighted by Gasteiger charge is -2.17. The summed E-state index contributed by atoms with van der Waals surface area (Å²) in [7, 11) is 1.64. The molecule has 0 radical (unpaired) electrons. The fourth-order valence-corrected chi connectivity index (χ4v) is 2.52. The molecule has 26 heavy (non-hydrogen) atoms. The predicted octanol–water partition coefficient (Wildman–Crippen LogP) is 4.08. The van der Waals surface area contributed by atoms with Crippen LogP contribution in [-0.2, 0) is 13.1 Å². The van der Waals surface area contributed by atoms with E-state index in [1.807, 2.05) is 24.3 Å². The van der Waals surface area contributed by atoms with E-state index in [1.54, 1.807) is 7.11 Å². The number of anilines is 1. The Hall–Kier alpha value is -1.80. The third kappa shape index (κ3) is 7.21. The molecule has 3 N–H and O–H groups in total. The van der Waals surface area contributed by atoms with Gasteiger partial charge < -0.3 is 15.8 Å². The minimum Gasteiger partial charge on any atom is -0.497 e. The van der Waals surface area contributed by atoms with Gasteiger partial charge in [0.15, 0.2) is 5.96 Å². The van der Waals surface area contributed by atoms with Crippen molar-refractivity contribution in [2.24, 2.45) is 10.7 Å². The molecule has 0 saturated heterocycles. The Kier molecular flexibility index (Phi) is 10.0. The van der Waals surface area contributed by atoms with E-state index in [2.05, 4.69) is 53.3 Å². The molecule has 6 heteroatoms. The molecule has 0 bridgehead atoms. The Bertz CT molecular complexity index is 684. The molecule has 0 aliphatic rings. The van der Waals surface area contributed by atoms with E-state index in [1.165, 1.54) is 5.56 Å². The Morgan fingerprint density at radius 2 is 1.73 bits per heavy atom. The smallest absolute Gasteiger partial charge is 0.193 e. The van der Waals surface area contributed by atoms with Gasteiger partial charge in [0.1, 0.15) is 5.75 Å². The quantitative estimate of drug-likeness (QED) is 0.348.